The monoisotopic (exact) mass is 463 g/mol. The molecule has 0 bridgehead atoms. The Hall–Kier alpha value is -2.04. The standard InChI is InChI=1S/C21H29N5O3S2/c1-15(2)20-22-16(3)14-18(23-20)24-9-11-25(12-10-24)21(27)19-17(6-13-30-19)31(28,29)26-7-4-5-8-26/h6,13-15H,4-5,7-12H2,1-3H3. The Morgan fingerprint density at radius 2 is 1.74 bits per heavy atom. The van der Waals surface area contributed by atoms with Crippen molar-refractivity contribution in [3.8, 4) is 0 Å². The summed E-state index contributed by atoms with van der Waals surface area (Å²) >= 11 is 1.21. The number of hydrogen-bond acceptors (Lipinski definition) is 7. The molecule has 0 N–H and O–H groups in total. The number of sulfonamides is 1. The predicted octanol–water partition coefficient (Wildman–Crippen LogP) is 2.72. The lowest BCUT2D eigenvalue weighted by Crippen LogP contribution is -2.49. The largest absolute Gasteiger partial charge is 0.353 e. The smallest absolute Gasteiger partial charge is 0.265 e. The van der Waals surface area contributed by atoms with E-state index >= 15 is 0 Å². The highest BCUT2D eigenvalue weighted by Gasteiger charge is 2.34. The predicted molar refractivity (Wildman–Crippen MR) is 121 cm³/mol. The van der Waals surface area contributed by atoms with E-state index in [2.05, 4.69) is 23.7 Å². The Morgan fingerprint density at radius 3 is 2.39 bits per heavy atom. The fraction of sp³-hybridized carbons (Fsp3) is 0.571. The normalized spacial score (nSPS) is 18.2. The number of carbonyl (C=O) groups excluding carboxylic acids is 1. The minimum Gasteiger partial charge on any atom is -0.353 e. The second kappa shape index (κ2) is 8.84. The lowest BCUT2D eigenvalue weighted by molar-refractivity contribution is 0.0747. The summed E-state index contributed by atoms with van der Waals surface area (Å²) in [5.74, 6) is 1.76. The summed E-state index contributed by atoms with van der Waals surface area (Å²) in [7, 11) is -3.61. The summed E-state index contributed by atoms with van der Waals surface area (Å²) in [6.45, 7) is 9.53. The molecule has 0 spiro atoms. The summed E-state index contributed by atoms with van der Waals surface area (Å²) in [6, 6.07) is 3.54. The van der Waals surface area contributed by atoms with Gasteiger partial charge in [-0.2, -0.15) is 4.31 Å². The van der Waals surface area contributed by atoms with Gasteiger partial charge in [0.15, 0.2) is 0 Å². The van der Waals surface area contributed by atoms with Gasteiger partial charge in [0.25, 0.3) is 5.91 Å². The van der Waals surface area contributed by atoms with Gasteiger partial charge in [0.05, 0.1) is 0 Å². The highest BCUT2D eigenvalue weighted by molar-refractivity contribution is 7.89. The van der Waals surface area contributed by atoms with E-state index in [0.29, 0.717) is 44.1 Å². The van der Waals surface area contributed by atoms with Crippen LogP contribution in [0.3, 0.4) is 0 Å². The first kappa shape index (κ1) is 22.2. The Balaban J connectivity index is 1.47. The third-order valence-electron chi connectivity index (χ3n) is 5.77. The maximum absolute atomic E-state index is 13.2. The molecule has 0 aliphatic carbocycles. The fourth-order valence-electron chi connectivity index (χ4n) is 4.00. The van der Waals surface area contributed by atoms with Crippen LogP contribution in [-0.4, -0.2) is 72.8 Å². The fourth-order valence-corrected chi connectivity index (χ4v) is 6.88. The Labute approximate surface area is 188 Å². The number of amides is 1. The number of hydrogen-bond donors (Lipinski definition) is 0. The zero-order valence-corrected chi connectivity index (χ0v) is 19.9. The molecule has 4 heterocycles. The molecule has 31 heavy (non-hydrogen) atoms. The number of thiophene rings is 1. The van der Waals surface area contributed by atoms with E-state index in [9.17, 15) is 13.2 Å². The van der Waals surface area contributed by atoms with Crippen molar-refractivity contribution >= 4 is 33.1 Å². The lowest BCUT2D eigenvalue weighted by Gasteiger charge is -2.35. The highest BCUT2D eigenvalue weighted by atomic mass is 32.2. The Bertz CT molecular complexity index is 1050. The molecule has 1 amide bonds. The Kier molecular flexibility index (Phi) is 6.32. The average molecular weight is 464 g/mol. The van der Waals surface area contributed by atoms with Crippen LogP contribution in [0.5, 0.6) is 0 Å². The van der Waals surface area contributed by atoms with Gasteiger partial charge in [-0.3, -0.25) is 4.79 Å². The molecule has 0 radical (unpaired) electrons. The number of piperazine rings is 1. The van der Waals surface area contributed by atoms with Gasteiger partial charge < -0.3 is 9.80 Å². The van der Waals surface area contributed by atoms with Crippen LogP contribution in [0.1, 0.15) is 53.8 Å². The number of carbonyl (C=O) groups is 1. The summed E-state index contributed by atoms with van der Waals surface area (Å²) in [4.78, 5) is 26.8. The molecule has 0 saturated carbocycles. The average Bonchev–Trinajstić information content (AvgIpc) is 3.45. The summed E-state index contributed by atoms with van der Waals surface area (Å²) in [6.07, 6.45) is 1.74. The van der Waals surface area contributed by atoms with Gasteiger partial charge in [0.1, 0.15) is 21.4 Å². The maximum atomic E-state index is 13.2. The molecule has 2 aliphatic rings. The van der Waals surface area contributed by atoms with Crippen molar-refractivity contribution in [1.29, 1.82) is 0 Å². The van der Waals surface area contributed by atoms with Crippen molar-refractivity contribution in [1.82, 2.24) is 19.2 Å². The van der Waals surface area contributed by atoms with Gasteiger partial charge in [-0.15, -0.1) is 11.3 Å². The molecule has 10 heteroatoms. The first-order valence-electron chi connectivity index (χ1n) is 10.7. The van der Waals surface area contributed by atoms with Crippen molar-refractivity contribution < 1.29 is 13.2 Å². The van der Waals surface area contributed by atoms with Crippen molar-refractivity contribution in [2.45, 2.75) is 44.4 Å². The van der Waals surface area contributed by atoms with Crippen molar-refractivity contribution in [3.63, 3.8) is 0 Å². The number of aryl methyl sites for hydroxylation is 1. The molecule has 4 rings (SSSR count). The molecule has 0 aromatic carbocycles. The molecule has 2 saturated heterocycles. The number of nitrogens with zero attached hydrogens (tertiary/aromatic N) is 5. The maximum Gasteiger partial charge on any atom is 0.265 e. The topological polar surface area (TPSA) is 86.7 Å². The van der Waals surface area contributed by atoms with Crippen LogP contribution in [0, 0.1) is 6.92 Å². The molecule has 168 valence electrons. The van der Waals surface area contributed by atoms with E-state index < -0.39 is 10.0 Å². The van der Waals surface area contributed by atoms with E-state index in [0.717, 1.165) is 30.2 Å². The van der Waals surface area contributed by atoms with Gasteiger partial charge in [-0.05, 0) is 31.2 Å². The van der Waals surface area contributed by atoms with E-state index in [1.165, 1.54) is 15.6 Å². The van der Waals surface area contributed by atoms with E-state index in [1.807, 2.05) is 13.0 Å². The van der Waals surface area contributed by atoms with Gasteiger partial charge in [-0.25, -0.2) is 18.4 Å². The quantitative estimate of drug-likeness (QED) is 0.678. The summed E-state index contributed by atoms with van der Waals surface area (Å²) < 4.78 is 27.5. The van der Waals surface area contributed by atoms with Crippen LogP contribution in [0.2, 0.25) is 0 Å². The van der Waals surface area contributed by atoms with Crippen LogP contribution in [0.4, 0.5) is 5.82 Å². The van der Waals surface area contributed by atoms with Crippen LogP contribution < -0.4 is 4.90 Å². The van der Waals surface area contributed by atoms with Crippen LogP contribution in [0.15, 0.2) is 22.4 Å². The second-order valence-corrected chi connectivity index (χ2v) is 11.2. The van der Waals surface area contributed by atoms with Crippen molar-refractivity contribution in [3.05, 3.63) is 33.9 Å². The summed E-state index contributed by atoms with van der Waals surface area (Å²) in [5, 5.41) is 1.70. The minimum atomic E-state index is -3.61. The number of anilines is 1. The molecule has 2 aromatic rings. The molecular formula is C21H29N5O3S2. The van der Waals surface area contributed by atoms with Crippen LogP contribution >= 0.6 is 11.3 Å². The molecular weight excluding hydrogens is 434 g/mol. The molecule has 8 nitrogen and oxygen atoms in total. The van der Waals surface area contributed by atoms with Gasteiger partial charge >= 0.3 is 0 Å². The molecule has 2 aromatic heterocycles. The van der Waals surface area contributed by atoms with E-state index in [1.54, 1.807) is 16.3 Å². The lowest BCUT2D eigenvalue weighted by atomic mass is 10.2. The van der Waals surface area contributed by atoms with Gasteiger partial charge in [0.2, 0.25) is 10.0 Å². The highest BCUT2D eigenvalue weighted by Crippen LogP contribution is 2.29. The van der Waals surface area contributed by atoms with Crippen LogP contribution in [-0.2, 0) is 10.0 Å². The van der Waals surface area contributed by atoms with Gasteiger partial charge in [-0.1, -0.05) is 13.8 Å². The van der Waals surface area contributed by atoms with Crippen LogP contribution in [0.25, 0.3) is 0 Å². The number of aromatic nitrogens is 2. The van der Waals surface area contributed by atoms with Crippen molar-refractivity contribution in [2.24, 2.45) is 0 Å². The van der Waals surface area contributed by atoms with E-state index in [4.69, 9.17) is 4.98 Å². The molecule has 2 aliphatic heterocycles. The molecule has 2 fully saturated rings. The first-order valence-corrected chi connectivity index (χ1v) is 13.1. The third kappa shape index (κ3) is 4.47. The number of rotatable bonds is 5. The molecule has 0 atom stereocenters. The zero-order chi connectivity index (χ0) is 22.2. The van der Waals surface area contributed by atoms with Crippen molar-refractivity contribution in [2.75, 3.05) is 44.2 Å². The minimum absolute atomic E-state index is 0.153. The third-order valence-corrected chi connectivity index (χ3v) is 8.74. The van der Waals surface area contributed by atoms with Gasteiger partial charge in [0, 0.05) is 56.9 Å². The zero-order valence-electron chi connectivity index (χ0n) is 18.2. The SMILES string of the molecule is Cc1cc(N2CCN(C(=O)c3sccc3S(=O)(=O)N3CCCC3)CC2)nc(C(C)C)n1. The van der Waals surface area contributed by atoms with E-state index in [-0.39, 0.29) is 16.7 Å². The Morgan fingerprint density at radius 1 is 1.06 bits per heavy atom. The summed E-state index contributed by atoms with van der Waals surface area (Å²) in [5.41, 5.74) is 0.933. The second-order valence-electron chi connectivity index (χ2n) is 8.38. The molecule has 0 unspecified atom stereocenters. The first-order chi connectivity index (χ1) is 14.8.